The van der Waals surface area contributed by atoms with Gasteiger partial charge in [-0.05, 0) is 43.4 Å². The molecule has 5 nitrogen and oxygen atoms in total. The molecule has 1 aliphatic carbocycles. The molecule has 0 radical (unpaired) electrons. The predicted octanol–water partition coefficient (Wildman–Crippen LogP) is 3.26. The highest BCUT2D eigenvalue weighted by Crippen LogP contribution is 2.27. The van der Waals surface area contributed by atoms with E-state index in [1.54, 1.807) is 0 Å². The van der Waals surface area contributed by atoms with Crippen molar-refractivity contribution in [3.63, 3.8) is 0 Å². The maximum Gasteiger partial charge on any atom is 0.274 e. The number of fused-ring (bicyclic) bond motifs is 1. The molecule has 1 aromatic heterocycles. The summed E-state index contributed by atoms with van der Waals surface area (Å²) in [7, 11) is 0. The molecule has 1 N–H and O–H groups in total. The summed E-state index contributed by atoms with van der Waals surface area (Å²) < 4.78 is 6.91. The number of carbonyl (C=O) groups excluding carboxylic acids is 1. The second-order valence-electron chi connectivity index (χ2n) is 6.40. The first-order valence-electron chi connectivity index (χ1n) is 8.45. The van der Waals surface area contributed by atoms with Crippen molar-refractivity contribution in [1.29, 1.82) is 0 Å². The van der Waals surface area contributed by atoms with Gasteiger partial charge in [0.1, 0.15) is 6.10 Å². The monoisotopic (exact) mass is 389 g/mol. The van der Waals surface area contributed by atoms with Gasteiger partial charge in [-0.3, -0.25) is 9.89 Å². The second kappa shape index (κ2) is 6.69. The van der Waals surface area contributed by atoms with Crippen LogP contribution in [0.2, 0.25) is 0 Å². The summed E-state index contributed by atoms with van der Waals surface area (Å²) in [5, 5.41) is 7.38. The van der Waals surface area contributed by atoms with Gasteiger partial charge >= 0.3 is 0 Å². The van der Waals surface area contributed by atoms with Crippen molar-refractivity contribution in [2.24, 2.45) is 0 Å². The van der Waals surface area contributed by atoms with Crippen LogP contribution in [0.1, 0.15) is 46.3 Å². The number of ether oxygens (including phenoxy) is 1. The third kappa shape index (κ3) is 3.00. The highest BCUT2D eigenvalue weighted by atomic mass is 79.9. The summed E-state index contributed by atoms with van der Waals surface area (Å²) in [6.07, 6.45) is 4.17. The van der Waals surface area contributed by atoms with Crippen LogP contribution in [-0.4, -0.2) is 40.7 Å². The van der Waals surface area contributed by atoms with Gasteiger partial charge in [-0.25, -0.2) is 0 Å². The van der Waals surface area contributed by atoms with Crippen molar-refractivity contribution in [3.05, 3.63) is 51.3 Å². The fourth-order valence-corrected chi connectivity index (χ4v) is 3.97. The third-order valence-electron chi connectivity index (χ3n) is 4.83. The Morgan fingerprint density at radius 2 is 2.21 bits per heavy atom. The maximum absolute atomic E-state index is 13.0. The van der Waals surface area contributed by atoms with Crippen molar-refractivity contribution in [2.45, 2.75) is 31.8 Å². The van der Waals surface area contributed by atoms with Crippen molar-refractivity contribution < 1.29 is 9.53 Å². The topological polar surface area (TPSA) is 58.2 Å². The highest BCUT2D eigenvalue weighted by Gasteiger charge is 2.30. The van der Waals surface area contributed by atoms with Crippen LogP contribution < -0.4 is 0 Å². The van der Waals surface area contributed by atoms with E-state index in [-0.39, 0.29) is 12.0 Å². The van der Waals surface area contributed by atoms with Crippen molar-refractivity contribution in [2.75, 3.05) is 19.7 Å². The van der Waals surface area contributed by atoms with Crippen molar-refractivity contribution in [1.82, 2.24) is 15.1 Å². The third-order valence-corrected chi connectivity index (χ3v) is 5.33. The molecule has 1 atom stereocenters. The Morgan fingerprint density at radius 1 is 1.33 bits per heavy atom. The van der Waals surface area contributed by atoms with E-state index < -0.39 is 0 Å². The number of hydrogen-bond donors (Lipinski definition) is 1. The fourth-order valence-electron chi connectivity index (χ4n) is 3.55. The molecule has 1 aliphatic heterocycles. The lowest BCUT2D eigenvalue weighted by atomic mass is 9.95. The predicted molar refractivity (Wildman–Crippen MR) is 94.0 cm³/mol. The quantitative estimate of drug-likeness (QED) is 0.857. The number of morpholine rings is 1. The molecule has 2 aliphatic rings. The molecule has 0 bridgehead atoms. The van der Waals surface area contributed by atoms with Gasteiger partial charge in [0.2, 0.25) is 0 Å². The van der Waals surface area contributed by atoms with E-state index in [0.717, 1.165) is 40.6 Å². The average molecular weight is 390 g/mol. The Labute approximate surface area is 149 Å². The first-order valence-corrected chi connectivity index (χ1v) is 9.24. The number of hydrogen-bond acceptors (Lipinski definition) is 3. The lowest BCUT2D eigenvalue weighted by molar-refractivity contribution is -0.0230. The first kappa shape index (κ1) is 15.8. The Hall–Kier alpha value is -1.66. The standard InChI is InChI=1S/C18H20BrN3O2/c19-13-5-3-4-12(10-13)16-11-22(8-9-24-16)18(23)17-14-6-1-2-7-15(14)20-21-17/h3-5,10,16H,1-2,6-9,11H2,(H,20,21). The number of benzene rings is 1. The van der Waals surface area contributed by atoms with E-state index in [9.17, 15) is 4.79 Å². The molecule has 0 spiro atoms. The number of halogens is 1. The molecule has 126 valence electrons. The van der Waals surface area contributed by atoms with Crippen LogP contribution in [0, 0.1) is 0 Å². The minimum absolute atomic E-state index is 0.0256. The second-order valence-corrected chi connectivity index (χ2v) is 7.32. The molecule has 2 aromatic rings. The first-order chi connectivity index (χ1) is 11.7. The number of nitrogens with one attached hydrogen (secondary N) is 1. The van der Waals surface area contributed by atoms with E-state index in [4.69, 9.17) is 4.74 Å². The molecule has 1 fully saturated rings. The number of aromatic nitrogens is 2. The van der Waals surface area contributed by atoms with E-state index >= 15 is 0 Å². The number of aryl methyl sites for hydroxylation is 1. The van der Waals surface area contributed by atoms with E-state index in [1.165, 1.54) is 6.42 Å². The summed E-state index contributed by atoms with van der Waals surface area (Å²) >= 11 is 3.50. The van der Waals surface area contributed by atoms with Crippen LogP contribution >= 0.6 is 15.9 Å². The van der Waals surface area contributed by atoms with E-state index in [2.05, 4.69) is 32.2 Å². The van der Waals surface area contributed by atoms with E-state index in [0.29, 0.717) is 25.4 Å². The molecular formula is C18H20BrN3O2. The molecule has 2 heterocycles. The largest absolute Gasteiger partial charge is 0.370 e. The van der Waals surface area contributed by atoms with Gasteiger partial charge in [-0.2, -0.15) is 5.10 Å². The minimum atomic E-state index is -0.0880. The summed E-state index contributed by atoms with van der Waals surface area (Å²) in [4.78, 5) is 14.8. The summed E-state index contributed by atoms with van der Waals surface area (Å²) in [6.45, 7) is 1.73. The summed E-state index contributed by atoms with van der Waals surface area (Å²) in [5.74, 6) is 0.0256. The SMILES string of the molecule is O=C(c1n[nH]c2c1CCCC2)N1CCOC(c2cccc(Br)c2)C1. The van der Waals surface area contributed by atoms with Gasteiger partial charge < -0.3 is 9.64 Å². The Balaban J connectivity index is 1.54. The number of amides is 1. The van der Waals surface area contributed by atoms with Crippen LogP contribution in [0.25, 0.3) is 0 Å². The zero-order chi connectivity index (χ0) is 16.5. The number of aromatic amines is 1. The normalized spacial score (nSPS) is 20.7. The van der Waals surface area contributed by atoms with Gasteiger partial charge in [0.25, 0.3) is 5.91 Å². The zero-order valence-electron chi connectivity index (χ0n) is 13.4. The van der Waals surface area contributed by atoms with E-state index in [1.807, 2.05) is 23.1 Å². The minimum Gasteiger partial charge on any atom is -0.370 e. The molecule has 24 heavy (non-hydrogen) atoms. The molecule has 0 saturated carbocycles. The molecule has 1 aromatic carbocycles. The smallest absolute Gasteiger partial charge is 0.274 e. The Kier molecular flexibility index (Phi) is 4.41. The van der Waals surface area contributed by atoms with Gasteiger partial charge in [0, 0.05) is 22.3 Å². The lowest BCUT2D eigenvalue weighted by Gasteiger charge is -2.33. The van der Waals surface area contributed by atoms with Crippen molar-refractivity contribution in [3.8, 4) is 0 Å². The van der Waals surface area contributed by atoms with Crippen molar-refractivity contribution >= 4 is 21.8 Å². The Morgan fingerprint density at radius 3 is 3.08 bits per heavy atom. The number of H-pyrrole nitrogens is 1. The van der Waals surface area contributed by atoms with Crippen LogP contribution in [0.5, 0.6) is 0 Å². The Bertz CT molecular complexity index is 758. The van der Waals surface area contributed by atoms with Gasteiger partial charge in [-0.1, -0.05) is 28.1 Å². The van der Waals surface area contributed by atoms with Gasteiger partial charge in [0.15, 0.2) is 5.69 Å². The molecule has 1 saturated heterocycles. The summed E-state index contributed by atoms with van der Waals surface area (Å²) in [6, 6.07) is 8.08. The van der Waals surface area contributed by atoms with Crippen LogP contribution in [0.15, 0.2) is 28.7 Å². The van der Waals surface area contributed by atoms with Gasteiger partial charge in [0.05, 0.1) is 13.2 Å². The highest BCUT2D eigenvalue weighted by molar-refractivity contribution is 9.10. The molecule has 6 heteroatoms. The van der Waals surface area contributed by atoms with Crippen LogP contribution in [0.3, 0.4) is 0 Å². The van der Waals surface area contributed by atoms with Crippen LogP contribution in [-0.2, 0) is 17.6 Å². The number of carbonyl (C=O) groups is 1. The molecule has 1 unspecified atom stereocenters. The van der Waals surface area contributed by atoms with Crippen LogP contribution in [0.4, 0.5) is 0 Å². The summed E-state index contributed by atoms with van der Waals surface area (Å²) in [5.41, 5.74) is 3.96. The molecule has 1 amide bonds. The average Bonchev–Trinajstić information content (AvgIpc) is 3.05. The maximum atomic E-state index is 13.0. The fraction of sp³-hybridized carbons (Fsp3) is 0.444. The molecule has 4 rings (SSSR count). The number of rotatable bonds is 2. The zero-order valence-corrected chi connectivity index (χ0v) is 15.0. The number of nitrogens with zero attached hydrogens (tertiary/aromatic N) is 2. The lowest BCUT2D eigenvalue weighted by Crippen LogP contribution is -2.42. The van der Waals surface area contributed by atoms with Gasteiger partial charge in [-0.15, -0.1) is 0 Å². The molecular weight excluding hydrogens is 370 g/mol.